The Morgan fingerprint density at radius 3 is 2.33 bits per heavy atom. The summed E-state index contributed by atoms with van der Waals surface area (Å²) in [6, 6.07) is 8.20. The summed E-state index contributed by atoms with van der Waals surface area (Å²) in [5.74, 6) is -7.47. The van der Waals surface area contributed by atoms with Crippen LogP contribution in [0, 0.1) is 12.7 Å². The van der Waals surface area contributed by atoms with Crippen molar-refractivity contribution in [1.29, 1.82) is 0 Å². The van der Waals surface area contributed by atoms with E-state index in [4.69, 9.17) is 22.1 Å². The number of pyridine rings is 1. The molecule has 3 aromatic rings. The van der Waals surface area contributed by atoms with Crippen LogP contribution in [0.2, 0.25) is 0 Å². The number of nitrogens with one attached hydrogen (secondary N) is 1. The van der Waals surface area contributed by atoms with Gasteiger partial charge in [0.15, 0.2) is 11.5 Å². The first-order valence-corrected chi connectivity index (χ1v) is 12.8. The second-order valence-electron chi connectivity index (χ2n) is 9.74. The largest absolute Gasteiger partial charge is 0.573 e. The summed E-state index contributed by atoms with van der Waals surface area (Å²) in [6.07, 6.45) is -0.757. The number of halogens is 4. The standard InChI is InChI=1S/C28H27BF4N2O7/c1-15-11-18(9-10-34-15)35-26(36)25-21(30)12-17(16-3-5-19(39-2)6-4-16)13-24(25)40-22-8-7-20(41-28(31,32)33)14-23(22)42-27(29,37)38/h7-14,16,19,37-38H,3-6H2,1-2H3,(H,34,35,36). The van der Waals surface area contributed by atoms with Crippen LogP contribution >= 0.6 is 0 Å². The number of hydrogen-bond acceptors (Lipinski definition) is 8. The van der Waals surface area contributed by atoms with Gasteiger partial charge in [0.05, 0.1) is 6.10 Å². The molecule has 0 unspecified atom stereocenters. The number of aromatic nitrogens is 1. The van der Waals surface area contributed by atoms with Crippen molar-refractivity contribution in [3.05, 3.63) is 71.3 Å². The number of rotatable bonds is 9. The van der Waals surface area contributed by atoms with Crippen molar-refractivity contribution in [2.45, 2.75) is 56.9 Å². The summed E-state index contributed by atoms with van der Waals surface area (Å²) in [5.41, 5.74) is 0.914. The minimum Gasteiger partial charge on any atom is -0.452 e. The molecule has 2 aromatic carbocycles. The molecule has 0 aliphatic heterocycles. The van der Waals surface area contributed by atoms with Gasteiger partial charge in [0.1, 0.15) is 22.9 Å². The van der Waals surface area contributed by atoms with Gasteiger partial charge in [-0.2, -0.15) is 0 Å². The average Bonchev–Trinajstić information content (AvgIpc) is 2.88. The lowest BCUT2D eigenvalue weighted by Crippen LogP contribution is -2.35. The highest BCUT2D eigenvalue weighted by Gasteiger charge is 2.32. The second-order valence-corrected chi connectivity index (χ2v) is 9.74. The molecule has 1 saturated carbocycles. The monoisotopic (exact) mass is 590 g/mol. The Balaban J connectivity index is 1.76. The molecule has 1 heterocycles. The highest BCUT2D eigenvalue weighted by atomic mass is 19.4. The lowest BCUT2D eigenvalue weighted by molar-refractivity contribution is -0.274. The fourth-order valence-corrected chi connectivity index (χ4v) is 4.72. The van der Waals surface area contributed by atoms with Gasteiger partial charge < -0.3 is 34.5 Å². The second kappa shape index (κ2) is 12.6. The van der Waals surface area contributed by atoms with Gasteiger partial charge in [-0.15, -0.1) is 13.2 Å². The maximum Gasteiger partial charge on any atom is 0.573 e. The first-order chi connectivity index (χ1) is 19.7. The van der Waals surface area contributed by atoms with Crippen molar-refractivity contribution < 1.29 is 51.5 Å². The van der Waals surface area contributed by atoms with Crippen LogP contribution in [0.15, 0.2) is 48.7 Å². The Bertz CT molecular complexity index is 1420. The summed E-state index contributed by atoms with van der Waals surface area (Å²) in [5, 5.41) is 21.7. The molecule has 1 aliphatic carbocycles. The molecule has 0 atom stereocenters. The van der Waals surface area contributed by atoms with E-state index in [1.807, 2.05) is 0 Å². The zero-order valence-electron chi connectivity index (χ0n) is 22.6. The Labute approximate surface area is 239 Å². The van der Waals surface area contributed by atoms with Crippen molar-refractivity contribution in [2.24, 2.45) is 0 Å². The van der Waals surface area contributed by atoms with Gasteiger partial charge in [-0.05, 0) is 80.5 Å². The molecule has 222 valence electrons. The van der Waals surface area contributed by atoms with E-state index in [2.05, 4.69) is 15.0 Å². The number of aliphatic hydroxyl groups is 2. The molecule has 42 heavy (non-hydrogen) atoms. The predicted octanol–water partition coefficient (Wildman–Crippen LogP) is 5.29. The SMILES string of the molecule is [B]C(O)(O)Oc1cc(OC(F)(F)F)ccc1Oc1cc(C2CCC(OC)CC2)cc(F)c1C(=O)Nc1ccnc(C)c1. The smallest absolute Gasteiger partial charge is 0.452 e. The van der Waals surface area contributed by atoms with Gasteiger partial charge in [-0.3, -0.25) is 9.78 Å². The quantitative estimate of drug-likeness (QED) is 0.175. The highest BCUT2D eigenvalue weighted by Crippen LogP contribution is 2.42. The van der Waals surface area contributed by atoms with Gasteiger partial charge in [-0.25, -0.2) is 4.39 Å². The van der Waals surface area contributed by atoms with Crippen LogP contribution in [-0.4, -0.2) is 54.4 Å². The molecular formula is C28H27BF4N2O7. The fourth-order valence-electron chi connectivity index (χ4n) is 4.72. The van der Waals surface area contributed by atoms with Crippen molar-refractivity contribution in [1.82, 2.24) is 4.98 Å². The summed E-state index contributed by atoms with van der Waals surface area (Å²) in [4.78, 5) is 17.4. The molecule has 1 aliphatic rings. The first kappa shape index (κ1) is 31.1. The Hall–Kier alpha value is -3.88. The molecule has 0 bridgehead atoms. The maximum atomic E-state index is 15.7. The summed E-state index contributed by atoms with van der Waals surface area (Å²) < 4.78 is 74.0. The normalized spacial score (nSPS) is 17.4. The number of benzene rings is 2. The van der Waals surface area contributed by atoms with E-state index in [-0.39, 0.29) is 17.8 Å². The van der Waals surface area contributed by atoms with Gasteiger partial charge in [0.2, 0.25) is 7.85 Å². The number of nitrogens with zero attached hydrogens (tertiary/aromatic N) is 1. The van der Waals surface area contributed by atoms with E-state index in [1.54, 1.807) is 20.1 Å². The van der Waals surface area contributed by atoms with E-state index < -0.39 is 46.8 Å². The van der Waals surface area contributed by atoms with Crippen molar-refractivity contribution in [2.75, 3.05) is 12.4 Å². The van der Waals surface area contributed by atoms with Crippen LogP contribution in [0.5, 0.6) is 23.0 Å². The number of ether oxygens (including phenoxy) is 4. The first-order valence-electron chi connectivity index (χ1n) is 12.8. The number of methoxy groups -OCH3 is 1. The molecule has 0 saturated heterocycles. The molecule has 1 amide bonds. The topological polar surface area (TPSA) is 119 Å². The lowest BCUT2D eigenvalue weighted by Gasteiger charge is -2.28. The Morgan fingerprint density at radius 2 is 1.71 bits per heavy atom. The minimum absolute atomic E-state index is 0.0707. The third kappa shape index (κ3) is 8.34. The van der Waals surface area contributed by atoms with Crippen molar-refractivity contribution >= 4 is 19.4 Å². The van der Waals surface area contributed by atoms with Crippen LogP contribution in [-0.2, 0) is 4.74 Å². The van der Waals surface area contributed by atoms with Gasteiger partial charge in [0, 0.05) is 30.8 Å². The van der Waals surface area contributed by atoms with E-state index in [9.17, 15) is 28.2 Å². The van der Waals surface area contributed by atoms with Crippen molar-refractivity contribution in [3.63, 3.8) is 0 Å². The van der Waals surface area contributed by atoms with Gasteiger partial charge in [-0.1, -0.05) is 0 Å². The van der Waals surface area contributed by atoms with Crippen LogP contribution in [0.3, 0.4) is 0 Å². The van der Waals surface area contributed by atoms with Crippen LogP contribution in [0.1, 0.15) is 53.2 Å². The lowest BCUT2D eigenvalue weighted by atomic mass is 9.82. The Kier molecular flexibility index (Phi) is 9.29. The number of anilines is 1. The molecule has 4 rings (SSSR count). The number of hydrogen-bond donors (Lipinski definition) is 3. The number of aryl methyl sites for hydroxylation is 1. The zero-order valence-corrected chi connectivity index (χ0v) is 22.6. The third-order valence-corrected chi connectivity index (χ3v) is 6.57. The van der Waals surface area contributed by atoms with Crippen LogP contribution < -0.4 is 19.5 Å². The van der Waals surface area contributed by atoms with E-state index in [1.165, 1.54) is 24.4 Å². The van der Waals surface area contributed by atoms with E-state index in [0.717, 1.165) is 25.0 Å². The van der Waals surface area contributed by atoms with Gasteiger partial charge >= 0.3 is 6.36 Å². The molecular weight excluding hydrogens is 563 g/mol. The van der Waals surface area contributed by atoms with E-state index in [0.29, 0.717) is 35.9 Å². The molecule has 1 aromatic heterocycles. The molecule has 3 N–H and O–H groups in total. The predicted molar refractivity (Wildman–Crippen MR) is 142 cm³/mol. The van der Waals surface area contributed by atoms with Gasteiger partial charge in [0.25, 0.3) is 11.8 Å². The van der Waals surface area contributed by atoms with Crippen LogP contribution in [0.25, 0.3) is 0 Å². The number of alkyl halides is 3. The fraction of sp³-hybridized carbons (Fsp3) is 0.357. The summed E-state index contributed by atoms with van der Waals surface area (Å²) in [6.45, 7) is 1.70. The molecule has 2 radical (unpaired) electrons. The van der Waals surface area contributed by atoms with Crippen molar-refractivity contribution in [3.8, 4) is 23.0 Å². The summed E-state index contributed by atoms with van der Waals surface area (Å²) in [7, 11) is 6.70. The third-order valence-electron chi connectivity index (χ3n) is 6.57. The zero-order chi connectivity index (χ0) is 30.7. The number of carbonyl (C=O) groups is 1. The number of carbonyl (C=O) groups excluding carboxylic acids is 1. The molecule has 1 fully saturated rings. The molecule has 14 heteroatoms. The van der Waals surface area contributed by atoms with Crippen LogP contribution in [0.4, 0.5) is 23.2 Å². The highest BCUT2D eigenvalue weighted by molar-refractivity contribution is 6.12. The minimum atomic E-state index is -5.08. The Morgan fingerprint density at radius 1 is 1.00 bits per heavy atom. The molecule has 0 spiro atoms. The average molecular weight is 590 g/mol. The summed E-state index contributed by atoms with van der Waals surface area (Å²) >= 11 is 0. The number of amides is 1. The van der Waals surface area contributed by atoms with E-state index >= 15 is 4.39 Å². The maximum absolute atomic E-state index is 15.7. The molecule has 9 nitrogen and oxygen atoms in total.